The molecule has 0 spiro atoms. The van der Waals surface area contributed by atoms with Crippen molar-refractivity contribution in [3.05, 3.63) is 101 Å². The fourth-order valence-electron chi connectivity index (χ4n) is 2.90. The van der Waals surface area contributed by atoms with Gasteiger partial charge in [0.1, 0.15) is 11.5 Å². The Hall–Kier alpha value is -3.60. The van der Waals surface area contributed by atoms with Crippen LogP contribution < -0.4 is 10.6 Å². The van der Waals surface area contributed by atoms with Crippen LogP contribution in [-0.4, -0.2) is 18.4 Å². The van der Waals surface area contributed by atoms with Gasteiger partial charge in [0.2, 0.25) is 0 Å². The van der Waals surface area contributed by atoms with E-state index in [1.54, 1.807) is 24.3 Å². The van der Waals surface area contributed by atoms with E-state index in [4.69, 9.17) is 4.42 Å². The van der Waals surface area contributed by atoms with Gasteiger partial charge in [0.05, 0.1) is 6.26 Å². The zero-order valence-electron chi connectivity index (χ0n) is 16.5. The minimum absolute atomic E-state index is 0.131. The van der Waals surface area contributed by atoms with E-state index < -0.39 is 0 Å². The van der Waals surface area contributed by atoms with Gasteiger partial charge in [-0.3, -0.25) is 9.59 Å². The molecule has 0 saturated heterocycles. The first-order valence-corrected chi connectivity index (χ1v) is 9.49. The summed E-state index contributed by atoms with van der Waals surface area (Å²) < 4.78 is 5.31. The molecule has 0 radical (unpaired) electrons. The Balaban J connectivity index is 1.73. The number of benzene rings is 2. The molecule has 0 unspecified atom stereocenters. The third kappa shape index (κ3) is 5.69. The summed E-state index contributed by atoms with van der Waals surface area (Å²) in [4.78, 5) is 25.4. The standard InChI is InChI=1S/C24H24N2O3/c1-17-8-6-11-20(14-17)23(27)26-22(15-21-12-7-13-29-21)24(28)25-16-18(2)19-9-4-3-5-10-19/h3-15,18H,16H2,1-2H3,(H,25,28)(H,26,27)/b22-15-/t18-/m0/s1. The summed E-state index contributed by atoms with van der Waals surface area (Å²) in [7, 11) is 0. The van der Waals surface area contributed by atoms with Gasteiger partial charge in [0.15, 0.2) is 0 Å². The molecule has 0 aliphatic heterocycles. The third-order valence-corrected chi connectivity index (χ3v) is 4.54. The van der Waals surface area contributed by atoms with E-state index in [2.05, 4.69) is 10.6 Å². The summed E-state index contributed by atoms with van der Waals surface area (Å²) in [5.74, 6) is -0.101. The van der Waals surface area contributed by atoms with Crippen molar-refractivity contribution in [1.82, 2.24) is 10.6 Å². The van der Waals surface area contributed by atoms with Gasteiger partial charge in [-0.1, -0.05) is 55.0 Å². The maximum atomic E-state index is 12.8. The normalized spacial score (nSPS) is 12.3. The number of furan rings is 1. The summed E-state index contributed by atoms with van der Waals surface area (Å²) in [6, 6.07) is 20.6. The number of carbonyl (C=O) groups excluding carboxylic acids is 2. The molecule has 0 aliphatic carbocycles. The first-order valence-electron chi connectivity index (χ1n) is 9.49. The highest BCUT2D eigenvalue weighted by molar-refractivity contribution is 6.05. The quantitative estimate of drug-likeness (QED) is 0.594. The second-order valence-electron chi connectivity index (χ2n) is 6.92. The molecule has 5 heteroatoms. The van der Waals surface area contributed by atoms with Gasteiger partial charge in [-0.05, 0) is 42.7 Å². The van der Waals surface area contributed by atoms with Crippen molar-refractivity contribution in [1.29, 1.82) is 0 Å². The Morgan fingerprint density at radius 1 is 1.03 bits per heavy atom. The van der Waals surface area contributed by atoms with E-state index in [1.165, 1.54) is 12.3 Å². The first-order chi connectivity index (χ1) is 14.0. The van der Waals surface area contributed by atoms with Crippen LogP contribution in [0.15, 0.2) is 83.1 Å². The smallest absolute Gasteiger partial charge is 0.267 e. The predicted octanol–water partition coefficient (Wildman–Crippen LogP) is 4.28. The van der Waals surface area contributed by atoms with Gasteiger partial charge in [-0.15, -0.1) is 0 Å². The zero-order valence-corrected chi connectivity index (χ0v) is 16.5. The van der Waals surface area contributed by atoms with Crippen molar-refractivity contribution in [2.24, 2.45) is 0 Å². The van der Waals surface area contributed by atoms with Crippen LogP contribution in [0.25, 0.3) is 6.08 Å². The highest BCUT2D eigenvalue weighted by Crippen LogP contribution is 2.14. The van der Waals surface area contributed by atoms with Gasteiger partial charge in [0.25, 0.3) is 11.8 Å². The lowest BCUT2D eigenvalue weighted by atomic mass is 10.0. The lowest BCUT2D eigenvalue weighted by Gasteiger charge is -2.15. The minimum Gasteiger partial charge on any atom is -0.465 e. The molecular weight excluding hydrogens is 364 g/mol. The molecule has 2 amide bonds. The molecule has 0 fully saturated rings. The maximum Gasteiger partial charge on any atom is 0.267 e. The molecule has 1 atom stereocenters. The van der Waals surface area contributed by atoms with Crippen LogP contribution in [0.4, 0.5) is 0 Å². The van der Waals surface area contributed by atoms with E-state index in [0.717, 1.165) is 11.1 Å². The highest BCUT2D eigenvalue weighted by atomic mass is 16.3. The van der Waals surface area contributed by atoms with Crippen molar-refractivity contribution in [3.8, 4) is 0 Å². The molecule has 2 aromatic carbocycles. The Kier molecular flexibility index (Phi) is 6.63. The van der Waals surface area contributed by atoms with Crippen molar-refractivity contribution in [2.45, 2.75) is 19.8 Å². The Labute approximate surface area is 170 Å². The average molecular weight is 388 g/mol. The lowest BCUT2D eigenvalue weighted by molar-refractivity contribution is -0.117. The molecule has 0 bridgehead atoms. The lowest BCUT2D eigenvalue weighted by Crippen LogP contribution is -2.36. The number of nitrogens with one attached hydrogen (secondary N) is 2. The maximum absolute atomic E-state index is 12.8. The van der Waals surface area contributed by atoms with Gasteiger partial charge in [-0.25, -0.2) is 0 Å². The largest absolute Gasteiger partial charge is 0.465 e. The van der Waals surface area contributed by atoms with E-state index in [1.807, 2.05) is 56.3 Å². The van der Waals surface area contributed by atoms with Gasteiger partial charge < -0.3 is 15.1 Å². The van der Waals surface area contributed by atoms with Crippen molar-refractivity contribution in [2.75, 3.05) is 6.54 Å². The number of rotatable bonds is 7. The van der Waals surface area contributed by atoms with Crippen LogP contribution in [0, 0.1) is 6.92 Å². The fraction of sp³-hybridized carbons (Fsp3) is 0.167. The van der Waals surface area contributed by atoms with Crippen LogP contribution in [0.1, 0.15) is 40.1 Å². The van der Waals surface area contributed by atoms with Crippen LogP contribution in [0.3, 0.4) is 0 Å². The fourth-order valence-corrected chi connectivity index (χ4v) is 2.90. The van der Waals surface area contributed by atoms with Gasteiger partial charge in [-0.2, -0.15) is 0 Å². The number of carbonyl (C=O) groups is 2. The second-order valence-corrected chi connectivity index (χ2v) is 6.92. The summed E-state index contributed by atoms with van der Waals surface area (Å²) in [5, 5.41) is 5.61. The average Bonchev–Trinajstić information content (AvgIpc) is 3.25. The Bertz CT molecular complexity index is 992. The van der Waals surface area contributed by atoms with Gasteiger partial charge >= 0.3 is 0 Å². The van der Waals surface area contributed by atoms with Crippen LogP contribution in [-0.2, 0) is 4.79 Å². The monoisotopic (exact) mass is 388 g/mol. The molecule has 0 aliphatic rings. The molecule has 3 aromatic rings. The molecule has 1 aromatic heterocycles. The SMILES string of the molecule is Cc1cccc(C(=O)N/C(=C\c2ccco2)C(=O)NC[C@H](C)c2ccccc2)c1. The van der Waals surface area contributed by atoms with Crippen LogP contribution >= 0.6 is 0 Å². The van der Waals surface area contributed by atoms with E-state index >= 15 is 0 Å². The summed E-state index contributed by atoms with van der Waals surface area (Å²) in [5.41, 5.74) is 2.72. The minimum atomic E-state index is -0.370. The van der Waals surface area contributed by atoms with Crippen molar-refractivity contribution < 1.29 is 14.0 Å². The Morgan fingerprint density at radius 3 is 2.52 bits per heavy atom. The molecule has 3 rings (SSSR count). The zero-order chi connectivity index (χ0) is 20.6. The second kappa shape index (κ2) is 9.55. The molecule has 0 saturated carbocycles. The number of amides is 2. The first kappa shape index (κ1) is 20.1. The van der Waals surface area contributed by atoms with Gasteiger partial charge in [0, 0.05) is 18.2 Å². The van der Waals surface area contributed by atoms with Crippen LogP contribution in [0.2, 0.25) is 0 Å². The number of aryl methyl sites for hydroxylation is 1. The summed E-state index contributed by atoms with van der Waals surface area (Å²) in [6.45, 7) is 4.39. The van der Waals surface area contributed by atoms with Crippen molar-refractivity contribution in [3.63, 3.8) is 0 Å². The summed E-state index contributed by atoms with van der Waals surface area (Å²) in [6.07, 6.45) is 3.04. The molecule has 148 valence electrons. The van der Waals surface area contributed by atoms with E-state index in [0.29, 0.717) is 17.9 Å². The molecule has 2 N–H and O–H groups in total. The molecular formula is C24H24N2O3. The predicted molar refractivity (Wildman–Crippen MR) is 113 cm³/mol. The highest BCUT2D eigenvalue weighted by Gasteiger charge is 2.16. The van der Waals surface area contributed by atoms with Crippen molar-refractivity contribution >= 4 is 17.9 Å². The topological polar surface area (TPSA) is 71.3 Å². The molecule has 29 heavy (non-hydrogen) atoms. The van der Waals surface area contributed by atoms with Crippen LogP contribution in [0.5, 0.6) is 0 Å². The number of hydrogen-bond donors (Lipinski definition) is 2. The molecule has 1 heterocycles. The van der Waals surface area contributed by atoms with E-state index in [9.17, 15) is 9.59 Å². The van der Waals surface area contributed by atoms with E-state index in [-0.39, 0.29) is 23.4 Å². The summed E-state index contributed by atoms with van der Waals surface area (Å²) >= 11 is 0. The molecule has 5 nitrogen and oxygen atoms in total. The Morgan fingerprint density at radius 2 is 1.83 bits per heavy atom. The number of hydrogen-bond acceptors (Lipinski definition) is 3. The third-order valence-electron chi connectivity index (χ3n) is 4.54.